The van der Waals surface area contributed by atoms with E-state index in [9.17, 15) is 10.1 Å². The fraction of sp³-hybridized carbons (Fsp3) is 0.350. The molecule has 0 saturated carbocycles. The zero-order chi connectivity index (χ0) is 20.8. The van der Waals surface area contributed by atoms with Crippen molar-refractivity contribution < 1.29 is 9.66 Å². The fourth-order valence-electron chi connectivity index (χ4n) is 3.33. The van der Waals surface area contributed by atoms with E-state index in [0.717, 1.165) is 55.1 Å². The normalized spacial score (nSPS) is 14.7. The van der Waals surface area contributed by atoms with Gasteiger partial charge in [-0.1, -0.05) is 30.0 Å². The Labute approximate surface area is 178 Å². The molecule has 0 aliphatic carbocycles. The second-order valence-electron chi connectivity index (χ2n) is 6.80. The third kappa shape index (κ3) is 4.84. The third-order valence-corrected chi connectivity index (χ3v) is 5.86. The largest absolute Gasteiger partial charge is 0.379 e. The monoisotopic (exact) mass is 426 g/mol. The van der Waals surface area contributed by atoms with Gasteiger partial charge in [0, 0.05) is 36.1 Å². The van der Waals surface area contributed by atoms with E-state index in [4.69, 9.17) is 4.74 Å². The summed E-state index contributed by atoms with van der Waals surface area (Å²) < 4.78 is 5.35. The Morgan fingerprint density at radius 1 is 1.17 bits per heavy atom. The first kappa shape index (κ1) is 20.5. The highest BCUT2D eigenvalue weighted by Gasteiger charge is 2.24. The van der Waals surface area contributed by atoms with Gasteiger partial charge in [-0.25, -0.2) is 9.97 Å². The number of morpholine rings is 1. The van der Waals surface area contributed by atoms with E-state index in [0.29, 0.717) is 11.6 Å². The van der Waals surface area contributed by atoms with E-state index in [1.54, 1.807) is 6.20 Å². The fourth-order valence-corrected chi connectivity index (χ4v) is 4.32. The first-order chi connectivity index (χ1) is 14.7. The number of ether oxygens (including phenoxy) is 1. The average Bonchev–Trinajstić information content (AvgIpc) is 2.77. The van der Waals surface area contributed by atoms with Crippen LogP contribution >= 0.6 is 11.8 Å². The maximum atomic E-state index is 11.8. The molecular weight excluding hydrogens is 404 g/mol. The van der Waals surface area contributed by atoms with Crippen LogP contribution in [0.4, 0.5) is 11.5 Å². The molecule has 0 radical (unpaired) electrons. The van der Waals surface area contributed by atoms with E-state index < -0.39 is 4.92 Å². The van der Waals surface area contributed by atoms with Crippen LogP contribution in [0, 0.1) is 10.1 Å². The van der Waals surface area contributed by atoms with Gasteiger partial charge in [-0.15, -0.1) is 0 Å². The molecule has 0 atom stereocenters. The molecule has 156 valence electrons. The molecule has 0 unspecified atom stereocenters. The van der Waals surface area contributed by atoms with Gasteiger partial charge in [-0.2, -0.15) is 0 Å². The number of pyridine rings is 1. The number of anilines is 1. The summed E-state index contributed by atoms with van der Waals surface area (Å²) >= 11 is 1.23. The Morgan fingerprint density at radius 2 is 2.00 bits per heavy atom. The predicted molar refractivity (Wildman–Crippen MR) is 115 cm³/mol. The van der Waals surface area contributed by atoms with Crippen molar-refractivity contribution >= 4 is 34.2 Å². The molecule has 0 bridgehead atoms. The van der Waals surface area contributed by atoms with Gasteiger partial charge in [0.2, 0.25) is 5.82 Å². The summed E-state index contributed by atoms with van der Waals surface area (Å²) in [7, 11) is 0. The minimum absolute atomic E-state index is 0.109. The van der Waals surface area contributed by atoms with Gasteiger partial charge >= 0.3 is 5.69 Å². The molecule has 1 saturated heterocycles. The summed E-state index contributed by atoms with van der Waals surface area (Å²) in [5.41, 5.74) is 0.680. The standard InChI is InChI=1S/C20H22N6O3S/c27-26(28)18-19(22-8-3-9-25-10-12-29-13-11-25)23-14-24-20(18)30-16-6-1-4-15-5-2-7-21-17(15)16/h1-2,4-7,14H,3,8-13H2,(H,22,23,24). The van der Waals surface area contributed by atoms with Crippen molar-refractivity contribution in [2.45, 2.75) is 16.3 Å². The minimum Gasteiger partial charge on any atom is -0.379 e. The number of nitrogens with one attached hydrogen (secondary N) is 1. The number of fused-ring (bicyclic) bond motifs is 1. The number of hydrogen-bond donors (Lipinski definition) is 1. The Bertz CT molecular complexity index is 1020. The number of rotatable bonds is 8. The number of para-hydroxylation sites is 1. The van der Waals surface area contributed by atoms with Crippen LogP contribution in [0.25, 0.3) is 10.9 Å². The summed E-state index contributed by atoms with van der Waals surface area (Å²) in [5.74, 6) is 0.243. The van der Waals surface area contributed by atoms with Crippen LogP contribution in [0.2, 0.25) is 0 Å². The van der Waals surface area contributed by atoms with Crippen molar-refractivity contribution in [2.75, 3.05) is 44.7 Å². The summed E-state index contributed by atoms with van der Waals surface area (Å²) in [6.07, 6.45) is 3.93. The van der Waals surface area contributed by atoms with Crippen LogP contribution in [0.3, 0.4) is 0 Å². The first-order valence-corrected chi connectivity index (χ1v) is 10.6. The Hall–Kier alpha value is -2.82. The molecule has 9 nitrogen and oxygen atoms in total. The molecule has 2 aromatic heterocycles. The Kier molecular flexibility index (Phi) is 6.67. The molecule has 4 rings (SSSR count). The molecule has 1 aromatic carbocycles. The van der Waals surface area contributed by atoms with Crippen molar-refractivity contribution in [2.24, 2.45) is 0 Å². The molecule has 1 aliphatic rings. The molecule has 10 heteroatoms. The maximum Gasteiger partial charge on any atom is 0.343 e. The number of hydrogen-bond acceptors (Lipinski definition) is 9. The van der Waals surface area contributed by atoms with E-state index in [1.165, 1.54) is 18.1 Å². The Balaban J connectivity index is 1.49. The van der Waals surface area contributed by atoms with Crippen molar-refractivity contribution in [3.8, 4) is 0 Å². The molecule has 30 heavy (non-hydrogen) atoms. The molecule has 3 heterocycles. The maximum absolute atomic E-state index is 11.8. The lowest BCUT2D eigenvalue weighted by Gasteiger charge is -2.26. The van der Waals surface area contributed by atoms with E-state index in [-0.39, 0.29) is 11.5 Å². The predicted octanol–water partition coefficient (Wildman–Crippen LogP) is 3.22. The summed E-state index contributed by atoms with van der Waals surface area (Å²) in [4.78, 5) is 27.2. The number of aromatic nitrogens is 3. The molecule has 0 amide bonds. The number of nitrogens with zero attached hydrogens (tertiary/aromatic N) is 5. The number of benzene rings is 1. The lowest BCUT2D eigenvalue weighted by Crippen LogP contribution is -2.37. The lowest BCUT2D eigenvalue weighted by molar-refractivity contribution is -0.387. The van der Waals surface area contributed by atoms with Crippen molar-refractivity contribution in [1.29, 1.82) is 0 Å². The highest BCUT2D eigenvalue weighted by atomic mass is 32.2. The molecular formula is C20H22N6O3S. The summed E-state index contributed by atoms with van der Waals surface area (Å²) in [5, 5.41) is 16.2. The molecule has 1 fully saturated rings. The molecule has 0 spiro atoms. The zero-order valence-corrected chi connectivity index (χ0v) is 17.2. The van der Waals surface area contributed by atoms with Gasteiger partial charge in [-0.05, 0) is 25.1 Å². The third-order valence-electron chi connectivity index (χ3n) is 4.82. The molecule has 3 aromatic rings. The average molecular weight is 427 g/mol. The van der Waals surface area contributed by atoms with Gasteiger partial charge in [0.05, 0.1) is 23.7 Å². The van der Waals surface area contributed by atoms with Crippen LogP contribution in [0.15, 0.2) is 52.8 Å². The van der Waals surface area contributed by atoms with Crippen LogP contribution < -0.4 is 5.32 Å². The summed E-state index contributed by atoms with van der Waals surface area (Å²) in [6, 6.07) is 9.58. The van der Waals surface area contributed by atoms with Crippen LogP contribution in [0.1, 0.15) is 6.42 Å². The van der Waals surface area contributed by atoms with Crippen LogP contribution in [0.5, 0.6) is 0 Å². The van der Waals surface area contributed by atoms with Gasteiger partial charge < -0.3 is 10.1 Å². The highest BCUT2D eigenvalue weighted by Crippen LogP contribution is 2.38. The van der Waals surface area contributed by atoms with Gasteiger partial charge in [0.15, 0.2) is 5.03 Å². The number of nitro groups is 1. The minimum atomic E-state index is -0.425. The van der Waals surface area contributed by atoms with E-state index >= 15 is 0 Å². The van der Waals surface area contributed by atoms with Crippen molar-refractivity contribution in [3.05, 3.63) is 53.0 Å². The zero-order valence-electron chi connectivity index (χ0n) is 16.4. The van der Waals surface area contributed by atoms with Crippen molar-refractivity contribution in [3.63, 3.8) is 0 Å². The van der Waals surface area contributed by atoms with Crippen LogP contribution in [-0.4, -0.2) is 64.2 Å². The second-order valence-corrected chi connectivity index (χ2v) is 7.83. The highest BCUT2D eigenvalue weighted by molar-refractivity contribution is 7.99. The van der Waals surface area contributed by atoms with E-state index in [2.05, 4.69) is 25.2 Å². The van der Waals surface area contributed by atoms with Gasteiger partial charge in [0.1, 0.15) is 6.33 Å². The topological polar surface area (TPSA) is 106 Å². The van der Waals surface area contributed by atoms with Gasteiger partial charge in [0.25, 0.3) is 0 Å². The van der Waals surface area contributed by atoms with E-state index in [1.807, 2.05) is 30.3 Å². The molecule has 1 N–H and O–H groups in total. The Morgan fingerprint density at radius 3 is 2.83 bits per heavy atom. The SMILES string of the molecule is O=[N+]([O-])c1c(NCCCN2CCOCC2)ncnc1Sc1cccc2cccnc12. The second kappa shape index (κ2) is 9.79. The lowest BCUT2D eigenvalue weighted by atomic mass is 10.2. The van der Waals surface area contributed by atoms with Gasteiger partial charge in [-0.3, -0.25) is 20.0 Å². The quantitative estimate of drug-likeness (QED) is 0.251. The van der Waals surface area contributed by atoms with Crippen LogP contribution in [-0.2, 0) is 4.74 Å². The summed E-state index contributed by atoms with van der Waals surface area (Å²) in [6.45, 7) is 4.87. The smallest absolute Gasteiger partial charge is 0.343 e. The first-order valence-electron chi connectivity index (χ1n) is 9.77. The molecule has 1 aliphatic heterocycles. The van der Waals surface area contributed by atoms with Crippen molar-refractivity contribution in [1.82, 2.24) is 19.9 Å².